The number of hydrogen-bond acceptors (Lipinski definition) is 5. The largest absolute Gasteiger partial charge is 0.414 e. The van der Waals surface area contributed by atoms with E-state index in [4.69, 9.17) is 14.1 Å². The highest BCUT2D eigenvalue weighted by Gasteiger charge is 2.36. The molecule has 0 aliphatic carbocycles. The number of hydrogen-bond donors (Lipinski definition) is 1. The molecule has 1 N–H and O–H groups in total. The Morgan fingerprint density at radius 1 is 1.03 bits per heavy atom. The van der Waals surface area contributed by atoms with Crippen LogP contribution in [0.2, 0.25) is 18.1 Å². The molecule has 0 spiro atoms. The zero-order chi connectivity index (χ0) is 20.9. The summed E-state index contributed by atoms with van der Waals surface area (Å²) < 4.78 is 13.7. The minimum atomic E-state index is -1.70. The zero-order valence-electron chi connectivity index (χ0n) is 18.1. The van der Waals surface area contributed by atoms with Gasteiger partial charge in [-0.2, -0.15) is 9.61 Å². The number of nitrogens with one attached hydrogen (secondary N) is 1. The lowest BCUT2D eigenvalue weighted by molar-refractivity contribution is 0.102. The lowest BCUT2D eigenvalue weighted by Gasteiger charge is -2.36. The second kappa shape index (κ2) is 9.07. The predicted molar refractivity (Wildman–Crippen MR) is 121 cm³/mol. The van der Waals surface area contributed by atoms with Crippen LogP contribution in [0.4, 0.5) is 5.82 Å². The van der Waals surface area contributed by atoms with E-state index in [9.17, 15) is 0 Å². The monoisotopic (exact) mass is 412 g/mol. The molecule has 0 unspecified atom stereocenters. The average molecular weight is 413 g/mol. The van der Waals surface area contributed by atoms with E-state index in [1.54, 1.807) is 6.20 Å². The van der Waals surface area contributed by atoms with Crippen LogP contribution in [0.1, 0.15) is 20.8 Å². The van der Waals surface area contributed by atoms with E-state index in [0.29, 0.717) is 26.4 Å². The molecule has 6 nitrogen and oxygen atoms in total. The van der Waals surface area contributed by atoms with Gasteiger partial charge in [0.05, 0.1) is 31.7 Å². The van der Waals surface area contributed by atoms with E-state index in [2.05, 4.69) is 56.4 Å². The Bertz CT molecular complexity index is 919. The summed E-state index contributed by atoms with van der Waals surface area (Å²) in [6.07, 6.45) is 1.76. The molecule has 1 aromatic carbocycles. The molecular weight excluding hydrogens is 380 g/mol. The van der Waals surface area contributed by atoms with Crippen LogP contribution in [0.25, 0.3) is 16.9 Å². The first-order chi connectivity index (χ1) is 13.8. The zero-order valence-corrected chi connectivity index (χ0v) is 19.1. The summed E-state index contributed by atoms with van der Waals surface area (Å²) >= 11 is 0. The van der Waals surface area contributed by atoms with Gasteiger partial charge in [-0.05, 0) is 18.1 Å². The molecule has 0 amide bonds. The third-order valence-electron chi connectivity index (χ3n) is 5.48. The van der Waals surface area contributed by atoms with Crippen LogP contribution >= 0.6 is 0 Å². The molecule has 0 aliphatic heterocycles. The molecule has 0 atom stereocenters. The molecule has 0 radical (unpaired) electrons. The Labute approximate surface area is 174 Å². The number of aromatic nitrogens is 3. The minimum absolute atomic E-state index is 0.224. The van der Waals surface area contributed by atoms with Crippen molar-refractivity contribution < 1.29 is 9.16 Å². The molecule has 0 fully saturated rings. The van der Waals surface area contributed by atoms with E-state index < -0.39 is 8.32 Å². The first-order valence-electron chi connectivity index (χ1n) is 10.1. The van der Waals surface area contributed by atoms with Gasteiger partial charge in [0.15, 0.2) is 14.0 Å². The van der Waals surface area contributed by atoms with Gasteiger partial charge in [0.1, 0.15) is 5.82 Å². The van der Waals surface area contributed by atoms with E-state index in [-0.39, 0.29) is 5.04 Å². The van der Waals surface area contributed by atoms with Crippen molar-refractivity contribution >= 4 is 19.8 Å². The number of anilines is 1. The number of benzene rings is 1. The number of nitrogens with zero attached hydrogens (tertiary/aromatic N) is 3. The molecule has 156 valence electrons. The van der Waals surface area contributed by atoms with Gasteiger partial charge in [0.2, 0.25) is 0 Å². The van der Waals surface area contributed by atoms with Crippen molar-refractivity contribution in [1.29, 1.82) is 0 Å². The topological polar surface area (TPSA) is 60.7 Å². The molecule has 29 heavy (non-hydrogen) atoms. The normalized spacial score (nSPS) is 12.4. The van der Waals surface area contributed by atoms with Gasteiger partial charge in [-0.25, -0.2) is 4.98 Å². The van der Waals surface area contributed by atoms with Crippen molar-refractivity contribution in [3.05, 3.63) is 48.7 Å². The van der Waals surface area contributed by atoms with Gasteiger partial charge >= 0.3 is 0 Å². The van der Waals surface area contributed by atoms with Crippen LogP contribution in [0.3, 0.4) is 0 Å². The summed E-state index contributed by atoms with van der Waals surface area (Å²) in [7, 11) is -1.70. The Morgan fingerprint density at radius 3 is 2.52 bits per heavy atom. The fourth-order valence-electron chi connectivity index (χ4n) is 2.72. The molecule has 2 heterocycles. The first kappa shape index (κ1) is 21.5. The SMILES string of the molecule is CC(C)(C)[Si](C)(C)OCCOCCNc1cc(-c2ccccc2)nc2ccnn12. The van der Waals surface area contributed by atoms with E-state index in [0.717, 1.165) is 22.7 Å². The lowest BCUT2D eigenvalue weighted by Crippen LogP contribution is -2.41. The Hall–Kier alpha value is -2.22. The van der Waals surface area contributed by atoms with Crippen LogP contribution in [-0.2, 0) is 9.16 Å². The van der Waals surface area contributed by atoms with Crippen molar-refractivity contribution in [2.24, 2.45) is 0 Å². The molecule has 2 aromatic heterocycles. The molecular formula is C22H32N4O2Si. The molecule has 0 bridgehead atoms. The van der Waals surface area contributed by atoms with Crippen molar-refractivity contribution in [2.45, 2.75) is 38.9 Å². The Morgan fingerprint density at radius 2 is 1.79 bits per heavy atom. The average Bonchev–Trinajstić information content (AvgIpc) is 3.15. The fourth-order valence-corrected chi connectivity index (χ4v) is 3.75. The molecule has 0 saturated carbocycles. The van der Waals surface area contributed by atoms with Crippen molar-refractivity contribution in [3.63, 3.8) is 0 Å². The summed E-state index contributed by atoms with van der Waals surface area (Å²) in [4.78, 5) is 4.69. The van der Waals surface area contributed by atoms with E-state index in [1.165, 1.54) is 0 Å². The van der Waals surface area contributed by atoms with Gasteiger partial charge in [0.25, 0.3) is 0 Å². The number of ether oxygens (including phenoxy) is 1. The van der Waals surface area contributed by atoms with Gasteiger partial charge in [-0.1, -0.05) is 51.1 Å². The summed E-state index contributed by atoms with van der Waals surface area (Å²) in [6.45, 7) is 13.8. The summed E-state index contributed by atoms with van der Waals surface area (Å²) in [5.74, 6) is 0.903. The third-order valence-corrected chi connectivity index (χ3v) is 10.0. The standard InChI is InChI=1S/C22H32N4O2Si/c1-22(2,3)29(4,5)28-16-15-27-14-13-23-21-17-19(18-9-7-6-8-10-18)25-20-11-12-24-26(20)21/h6-12,17,23H,13-16H2,1-5H3. The van der Waals surface area contributed by atoms with Crippen LogP contribution in [0.15, 0.2) is 48.7 Å². The highest BCUT2D eigenvalue weighted by atomic mass is 28.4. The van der Waals surface area contributed by atoms with Crippen molar-refractivity contribution in [3.8, 4) is 11.3 Å². The molecule has 0 saturated heterocycles. The van der Waals surface area contributed by atoms with Crippen LogP contribution in [-0.4, -0.2) is 49.3 Å². The smallest absolute Gasteiger partial charge is 0.192 e. The first-order valence-corrected chi connectivity index (χ1v) is 13.0. The number of fused-ring (bicyclic) bond motifs is 1. The van der Waals surface area contributed by atoms with Crippen LogP contribution in [0.5, 0.6) is 0 Å². The molecule has 0 aliphatic rings. The van der Waals surface area contributed by atoms with Crippen molar-refractivity contribution in [1.82, 2.24) is 14.6 Å². The molecule has 7 heteroatoms. The van der Waals surface area contributed by atoms with Gasteiger partial charge in [0, 0.05) is 24.2 Å². The molecule has 3 aromatic rings. The molecule has 3 rings (SSSR count). The second-order valence-electron chi connectivity index (χ2n) is 8.64. The van der Waals surface area contributed by atoms with Crippen LogP contribution in [0, 0.1) is 0 Å². The Kier molecular flexibility index (Phi) is 6.72. The van der Waals surface area contributed by atoms with Crippen molar-refractivity contribution in [2.75, 3.05) is 31.7 Å². The highest BCUT2D eigenvalue weighted by Crippen LogP contribution is 2.36. The summed E-state index contributed by atoms with van der Waals surface area (Å²) in [6, 6.07) is 14.1. The van der Waals surface area contributed by atoms with Gasteiger partial charge in [-0.3, -0.25) is 0 Å². The number of rotatable bonds is 9. The second-order valence-corrected chi connectivity index (χ2v) is 13.5. The minimum Gasteiger partial charge on any atom is -0.414 e. The quantitative estimate of drug-likeness (QED) is 0.402. The Balaban J connectivity index is 1.52. The summed E-state index contributed by atoms with van der Waals surface area (Å²) in [5, 5.41) is 8.01. The maximum Gasteiger partial charge on any atom is 0.192 e. The van der Waals surface area contributed by atoms with E-state index >= 15 is 0 Å². The highest BCUT2D eigenvalue weighted by molar-refractivity contribution is 6.74. The van der Waals surface area contributed by atoms with Crippen LogP contribution < -0.4 is 5.32 Å². The van der Waals surface area contributed by atoms with Gasteiger partial charge in [-0.15, -0.1) is 0 Å². The van der Waals surface area contributed by atoms with Gasteiger partial charge < -0.3 is 14.5 Å². The predicted octanol–water partition coefficient (Wildman–Crippen LogP) is 4.85. The summed E-state index contributed by atoms with van der Waals surface area (Å²) in [5.41, 5.74) is 2.82. The van der Waals surface area contributed by atoms with E-state index in [1.807, 2.05) is 34.8 Å². The fraction of sp³-hybridized carbons (Fsp3) is 0.455. The maximum atomic E-state index is 6.14. The lowest BCUT2D eigenvalue weighted by atomic mass is 10.1. The maximum absolute atomic E-state index is 6.14. The third kappa shape index (κ3) is 5.44.